The number of amides is 1. The molecule has 2 rings (SSSR count). The van der Waals surface area contributed by atoms with Crippen molar-refractivity contribution in [3.63, 3.8) is 0 Å². The highest BCUT2D eigenvalue weighted by Gasteiger charge is 2.17. The number of esters is 1. The number of rotatable bonds is 8. The summed E-state index contributed by atoms with van der Waals surface area (Å²) in [5.74, 6) is -1.14. The molecule has 1 aromatic heterocycles. The van der Waals surface area contributed by atoms with Crippen LogP contribution in [0.4, 0.5) is 0 Å². The van der Waals surface area contributed by atoms with Crippen molar-refractivity contribution in [2.45, 2.75) is 32.2 Å². The highest BCUT2D eigenvalue weighted by atomic mass is 32.2. The van der Waals surface area contributed by atoms with Crippen molar-refractivity contribution < 1.29 is 22.7 Å². The van der Waals surface area contributed by atoms with Gasteiger partial charge in [-0.1, -0.05) is 0 Å². The van der Waals surface area contributed by atoms with Crippen molar-refractivity contribution in [1.29, 1.82) is 0 Å². The number of hydrogen-bond acceptors (Lipinski definition) is 6. The summed E-state index contributed by atoms with van der Waals surface area (Å²) in [5.41, 5.74) is 1.77. The molecule has 3 N–H and O–H groups in total. The van der Waals surface area contributed by atoms with Gasteiger partial charge in [-0.3, -0.25) is 9.59 Å². The molecule has 0 atom stereocenters. The second-order valence-corrected chi connectivity index (χ2v) is 8.06. The lowest BCUT2D eigenvalue weighted by Gasteiger charge is -2.10. The minimum atomic E-state index is -3.95. The summed E-state index contributed by atoms with van der Waals surface area (Å²) in [7, 11) is -3.95. The molecular formula is C19H23N3O6S. The molecule has 0 radical (unpaired) electrons. The van der Waals surface area contributed by atoms with Gasteiger partial charge in [0.05, 0.1) is 23.6 Å². The van der Waals surface area contributed by atoms with Crippen molar-refractivity contribution in [2.24, 2.45) is 0 Å². The van der Waals surface area contributed by atoms with E-state index in [0.29, 0.717) is 11.3 Å². The van der Waals surface area contributed by atoms with Crippen LogP contribution in [-0.2, 0) is 26.1 Å². The third-order valence-corrected chi connectivity index (χ3v) is 5.47. The predicted octanol–water partition coefficient (Wildman–Crippen LogP) is 0.763. The number of hydrogen-bond donors (Lipinski definition) is 3. The van der Waals surface area contributed by atoms with E-state index in [4.69, 9.17) is 4.74 Å². The van der Waals surface area contributed by atoms with Gasteiger partial charge in [-0.05, 0) is 56.7 Å². The quantitative estimate of drug-likeness (QED) is 0.539. The van der Waals surface area contributed by atoms with Gasteiger partial charge in [0, 0.05) is 17.8 Å². The average Bonchev–Trinajstić information content (AvgIpc) is 2.66. The molecule has 2 aromatic rings. The Kier molecular flexibility index (Phi) is 7.29. The number of aromatic nitrogens is 1. The van der Waals surface area contributed by atoms with Crippen molar-refractivity contribution in [2.75, 3.05) is 13.2 Å². The summed E-state index contributed by atoms with van der Waals surface area (Å²) in [6.45, 7) is 4.88. The van der Waals surface area contributed by atoms with Gasteiger partial charge in [-0.25, -0.2) is 17.9 Å². The molecule has 0 fully saturated rings. The number of carbonyl (C=O) groups excluding carboxylic acids is 2. The number of pyridine rings is 1. The summed E-state index contributed by atoms with van der Waals surface area (Å²) in [5, 5.41) is 2.52. The van der Waals surface area contributed by atoms with Crippen molar-refractivity contribution in [3.05, 3.63) is 63.1 Å². The first-order valence-electron chi connectivity index (χ1n) is 8.87. The molecule has 0 aliphatic heterocycles. The van der Waals surface area contributed by atoms with Gasteiger partial charge in [-0.2, -0.15) is 0 Å². The van der Waals surface area contributed by atoms with E-state index in [2.05, 4.69) is 15.0 Å². The van der Waals surface area contributed by atoms with Crippen molar-refractivity contribution >= 4 is 21.9 Å². The number of sulfonamides is 1. The molecule has 1 aromatic carbocycles. The molecule has 1 amide bonds. The molecule has 0 bridgehead atoms. The van der Waals surface area contributed by atoms with E-state index < -0.39 is 28.4 Å². The number of H-pyrrole nitrogens is 1. The first kappa shape index (κ1) is 22.3. The molecule has 0 saturated carbocycles. The molecule has 0 saturated heterocycles. The zero-order valence-corrected chi connectivity index (χ0v) is 17.2. The summed E-state index contributed by atoms with van der Waals surface area (Å²) in [4.78, 5) is 38.1. The molecule has 10 heteroatoms. The van der Waals surface area contributed by atoms with E-state index in [0.717, 1.165) is 5.56 Å². The minimum Gasteiger partial charge on any atom is -0.462 e. The van der Waals surface area contributed by atoms with E-state index in [9.17, 15) is 22.8 Å². The zero-order valence-electron chi connectivity index (χ0n) is 16.4. The Morgan fingerprint density at radius 3 is 2.38 bits per heavy atom. The number of aromatic amines is 1. The number of ether oxygens (including phenoxy) is 1. The SMILES string of the molecule is CCOC(=O)c1ccc(S(=O)(=O)NCC(=O)NCc2c(C)cc(C)[nH]c2=O)cc1. The smallest absolute Gasteiger partial charge is 0.338 e. The van der Waals surface area contributed by atoms with Crippen LogP contribution in [0.1, 0.15) is 34.1 Å². The number of carbonyl (C=O) groups is 2. The Hall–Kier alpha value is -2.98. The lowest BCUT2D eigenvalue weighted by atomic mass is 10.1. The lowest BCUT2D eigenvalue weighted by Crippen LogP contribution is -2.37. The number of aryl methyl sites for hydroxylation is 2. The van der Waals surface area contributed by atoms with E-state index in [1.54, 1.807) is 26.8 Å². The Bertz CT molecular complexity index is 1060. The predicted molar refractivity (Wildman–Crippen MR) is 106 cm³/mol. The van der Waals surface area contributed by atoms with Gasteiger partial charge >= 0.3 is 5.97 Å². The maximum Gasteiger partial charge on any atom is 0.338 e. The molecule has 9 nitrogen and oxygen atoms in total. The van der Waals surface area contributed by atoms with Crippen LogP contribution < -0.4 is 15.6 Å². The lowest BCUT2D eigenvalue weighted by molar-refractivity contribution is -0.120. The third kappa shape index (κ3) is 6.00. The molecule has 0 spiro atoms. The van der Waals surface area contributed by atoms with Gasteiger partial charge in [0.1, 0.15) is 0 Å². The molecule has 1 heterocycles. The van der Waals surface area contributed by atoms with E-state index in [-0.39, 0.29) is 29.2 Å². The van der Waals surface area contributed by atoms with Crippen LogP contribution in [-0.4, -0.2) is 38.4 Å². The van der Waals surface area contributed by atoms with Gasteiger partial charge in [0.15, 0.2) is 0 Å². The second-order valence-electron chi connectivity index (χ2n) is 6.29. The summed E-state index contributed by atoms with van der Waals surface area (Å²) < 4.78 is 31.6. The molecule has 0 aliphatic carbocycles. The summed E-state index contributed by atoms with van der Waals surface area (Å²) in [6.07, 6.45) is 0. The van der Waals surface area contributed by atoms with Crippen molar-refractivity contribution in [1.82, 2.24) is 15.0 Å². The standard InChI is InChI=1S/C19H23N3O6S/c1-4-28-19(25)14-5-7-15(8-6-14)29(26,27)21-11-17(23)20-10-16-12(2)9-13(3)22-18(16)24/h5-9,21H,4,10-11H2,1-3H3,(H,20,23)(H,22,24). The van der Waals surface area contributed by atoms with E-state index in [1.807, 2.05) is 0 Å². The maximum absolute atomic E-state index is 12.3. The van der Waals surface area contributed by atoms with Crippen LogP contribution in [0.15, 0.2) is 40.0 Å². The monoisotopic (exact) mass is 421 g/mol. The Labute approximate surface area is 168 Å². The first-order chi connectivity index (χ1) is 13.6. The molecular weight excluding hydrogens is 398 g/mol. The van der Waals surface area contributed by atoms with Crippen LogP contribution in [0.2, 0.25) is 0 Å². The Balaban J connectivity index is 1.95. The van der Waals surface area contributed by atoms with Crippen LogP contribution >= 0.6 is 0 Å². The topological polar surface area (TPSA) is 134 Å². The first-order valence-corrected chi connectivity index (χ1v) is 10.3. The van der Waals surface area contributed by atoms with Gasteiger partial charge < -0.3 is 15.0 Å². The fourth-order valence-electron chi connectivity index (χ4n) is 2.58. The third-order valence-electron chi connectivity index (χ3n) is 4.05. The Morgan fingerprint density at radius 2 is 1.79 bits per heavy atom. The van der Waals surface area contributed by atoms with Crippen molar-refractivity contribution in [3.8, 4) is 0 Å². The van der Waals surface area contributed by atoms with Crippen LogP contribution in [0.5, 0.6) is 0 Å². The van der Waals surface area contributed by atoms with Crippen LogP contribution in [0.3, 0.4) is 0 Å². The van der Waals surface area contributed by atoms with E-state index >= 15 is 0 Å². The normalized spacial score (nSPS) is 11.1. The minimum absolute atomic E-state index is 0.0176. The highest BCUT2D eigenvalue weighted by molar-refractivity contribution is 7.89. The largest absolute Gasteiger partial charge is 0.462 e. The summed E-state index contributed by atoms with van der Waals surface area (Å²) >= 11 is 0. The van der Waals surface area contributed by atoms with E-state index in [1.165, 1.54) is 24.3 Å². The molecule has 0 unspecified atom stereocenters. The molecule has 156 valence electrons. The van der Waals surface area contributed by atoms with Gasteiger partial charge in [0.2, 0.25) is 15.9 Å². The highest BCUT2D eigenvalue weighted by Crippen LogP contribution is 2.11. The van der Waals surface area contributed by atoms with Crippen LogP contribution in [0, 0.1) is 13.8 Å². The fourth-order valence-corrected chi connectivity index (χ4v) is 3.56. The zero-order chi connectivity index (χ0) is 21.6. The fraction of sp³-hybridized carbons (Fsp3) is 0.316. The molecule has 0 aliphatic rings. The Morgan fingerprint density at radius 1 is 1.14 bits per heavy atom. The molecule has 29 heavy (non-hydrogen) atoms. The number of nitrogens with one attached hydrogen (secondary N) is 3. The maximum atomic E-state index is 12.3. The van der Waals surface area contributed by atoms with Crippen LogP contribution in [0.25, 0.3) is 0 Å². The summed E-state index contributed by atoms with van der Waals surface area (Å²) in [6, 6.07) is 6.95. The number of benzene rings is 1. The van der Waals surface area contributed by atoms with Gasteiger partial charge in [-0.15, -0.1) is 0 Å². The second kappa shape index (κ2) is 9.48. The van der Waals surface area contributed by atoms with Gasteiger partial charge in [0.25, 0.3) is 5.56 Å². The average molecular weight is 421 g/mol.